The van der Waals surface area contributed by atoms with Crippen LogP contribution >= 0.6 is 11.3 Å². The summed E-state index contributed by atoms with van der Waals surface area (Å²) in [6, 6.07) is 8.23. The van der Waals surface area contributed by atoms with Crippen molar-refractivity contribution in [3.8, 4) is 11.4 Å². The van der Waals surface area contributed by atoms with Gasteiger partial charge in [-0.25, -0.2) is 15.0 Å². The summed E-state index contributed by atoms with van der Waals surface area (Å²) in [6.07, 6.45) is 8.68. The van der Waals surface area contributed by atoms with E-state index >= 15 is 0 Å². The number of ether oxygens (including phenoxy) is 1. The first-order chi connectivity index (χ1) is 21.6. The summed E-state index contributed by atoms with van der Waals surface area (Å²) in [6.45, 7) is 6.57. The first-order valence-corrected chi connectivity index (χ1v) is 15.7. The summed E-state index contributed by atoms with van der Waals surface area (Å²) in [7, 11) is 0. The van der Waals surface area contributed by atoms with Gasteiger partial charge in [0.15, 0.2) is 17.4 Å². The number of imidazole rings is 1. The van der Waals surface area contributed by atoms with Crippen LogP contribution in [0.25, 0.3) is 38.6 Å². The summed E-state index contributed by atoms with van der Waals surface area (Å²) in [5, 5.41) is 8.27. The van der Waals surface area contributed by atoms with E-state index in [2.05, 4.69) is 36.0 Å². The maximum Gasteiger partial charge on any atom is 0.223 e. The Labute approximate surface area is 257 Å². The lowest BCUT2D eigenvalue weighted by atomic mass is 10.1. The summed E-state index contributed by atoms with van der Waals surface area (Å²) in [5.41, 5.74) is 2.85. The molecule has 12 nitrogen and oxygen atoms in total. The fraction of sp³-hybridized carbons (Fsp3) is 0.355. The van der Waals surface area contributed by atoms with E-state index in [9.17, 15) is 9.59 Å². The van der Waals surface area contributed by atoms with Gasteiger partial charge in [0, 0.05) is 86.9 Å². The first kappa shape index (κ1) is 28.3. The van der Waals surface area contributed by atoms with Crippen molar-refractivity contribution in [2.24, 2.45) is 0 Å². The zero-order valence-corrected chi connectivity index (χ0v) is 25.1. The number of aromatic amines is 2. The average molecular weight is 612 g/mol. The van der Waals surface area contributed by atoms with Crippen molar-refractivity contribution in [3.63, 3.8) is 0 Å². The Morgan fingerprint density at radius 2 is 1.91 bits per heavy atom. The molecular formula is C31H33N9O3S. The van der Waals surface area contributed by atoms with Crippen LogP contribution in [-0.2, 0) is 20.9 Å². The number of morpholine rings is 1. The number of hydrogen-bond acceptors (Lipinski definition) is 10. The van der Waals surface area contributed by atoms with Gasteiger partial charge < -0.3 is 19.5 Å². The second kappa shape index (κ2) is 12.6. The third-order valence-electron chi connectivity index (χ3n) is 8.08. The van der Waals surface area contributed by atoms with Crippen LogP contribution < -0.4 is 4.90 Å². The molecule has 0 spiro atoms. The molecule has 0 radical (unpaired) electrons. The number of carbonyl (C=O) groups is 2. The molecule has 226 valence electrons. The highest BCUT2D eigenvalue weighted by Crippen LogP contribution is 2.36. The second-order valence-corrected chi connectivity index (χ2v) is 12.1. The molecule has 0 aliphatic carbocycles. The van der Waals surface area contributed by atoms with Gasteiger partial charge in [0.2, 0.25) is 5.91 Å². The predicted octanol–water partition coefficient (Wildman–Crippen LogP) is 3.50. The number of aromatic nitrogens is 6. The van der Waals surface area contributed by atoms with Gasteiger partial charge in [-0.1, -0.05) is 12.1 Å². The van der Waals surface area contributed by atoms with Crippen molar-refractivity contribution < 1.29 is 14.3 Å². The Morgan fingerprint density at radius 3 is 2.73 bits per heavy atom. The van der Waals surface area contributed by atoms with Gasteiger partial charge >= 0.3 is 0 Å². The normalized spacial score (nSPS) is 16.5. The van der Waals surface area contributed by atoms with E-state index in [1.54, 1.807) is 29.8 Å². The Hall–Kier alpha value is -4.46. The number of carbonyl (C=O) groups excluding carboxylic acids is 2. The SMILES string of the molecule is O=C(/C=C/c1ncc[nH]1)CCC(=O)N1CCN(Cc2cc3nc(-c4cccc5[nH]ncc45)nc(N4CCOCC4)c3s2)CC1. The number of piperazine rings is 1. The van der Waals surface area contributed by atoms with Crippen molar-refractivity contribution in [2.75, 3.05) is 57.4 Å². The predicted molar refractivity (Wildman–Crippen MR) is 169 cm³/mol. The number of nitrogens with zero attached hydrogens (tertiary/aromatic N) is 7. The number of thiophene rings is 1. The van der Waals surface area contributed by atoms with Crippen LogP contribution in [0.5, 0.6) is 0 Å². The summed E-state index contributed by atoms with van der Waals surface area (Å²) >= 11 is 1.74. The van der Waals surface area contributed by atoms with Crippen molar-refractivity contribution in [2.45, 2.75) is 19.4 Å². The lowest BCUT2D eigenvalue weighted by Crippen LogP contribution is -2.48. The molecule has 6 heterocycles. The van der Waals surface area contributed by atoms with E-state index in [1.807, 2.05) is 29.3 Å². The maximum absolute atomic E-state index is 12.8. The zero-order valence-electron chi connectivity index (χ0n) is 24.2. The van der Waals surface area contributed by atoms with Crippen LogP contribution in [0.4, 0.5) is 5.82 Å². The smallest absolute Gasteiger partial charge is 0.223 e. The van der Waals surface area contributed by atoms with E-state index in [0.29, 0.717) is 38.0 Å². The quantitative estimate of drug-likeness (QED) is 0.240. The van der Waals surface area contributed by atoms with Crippen LogP contribution in [-0.4, -0.2) is 104 Å². The molecule has 2 aliphatic rings. The van der Waals surface area contributed by atoms with Crippen molar-refractivity contribution in [1.29, 1.82) is 0 Å². The van der Waals surface area contributed by atoms with Gasteiger partial charge in [-0.3, -0.25) is 19.6 Å². The molecule has 2 aliphatic heterocycles. The van der Waals surface area contributed by atoms with Crippen LogP contribution in [0.2, 0.25) is 0 Å². The van der Waals surface area contributed by atoms with E-state index in [-0.39, 0.29) is 24.5 Å². The van der Waals surface area contributed by atoms with E-state index < -0.39 is 0 Å². The molecule has 1 aromatic carbocycles. The maximum atomic E-state index is 12.8. The lowest BCUT2D eigenvalue weighted by Gasteiger charge is -2.34. The number of benzene rings is 1. The van der Waals surface area contributed by atoms with Gasteiger partial charge in [-0.05, 0) is 24.3 Å². The van der Waals surface area contributed by atoms with Crippen LogP contribution in [0.15, 0.2) is 48.9 Å². The van der Waals surface area contributed by atoms with Gasteiger partial charge in [0.1, 0.15) is 5.82 Å². The molecule has 2 N–H and O–H groups in total. The van der Waals surface area contributed by atoms with Crippen molar-refractivity contribution in [3.05, 3.63) is 59.6 Å². The van der Waals surface area contributed by atoms with E-state index in [0.717, 1.165) is 65.2 Å². The second-order valence-electron chi connectivity index (χ2n) is 11.0. The monoisotopic (exact) mass is 611 g/mol. The minimum Gasteiger partial charge on any atom is -0.378 e. The van der Waals surface area contributed by atoms with Crippen LogP contribution in [0, 0.1) is 0 Å². The Balaban J connectivity index is 1.02. The Morgan fingerprint density at radius 1 is 1.05 bits per heavy atom. The minimum atomic E-state index is -0.0812. The Kier molecular flexibility index (Phi) is 8.14. The van der Waals surface area contributed by atoms with Crippen LogP contribution in [0.3, 0.4) is 0 Å². The first-order valence-electron chi connectivity index (χ1n) is 14.9. The summed E-state index contributed by atoms with van der Waals surface area (Å²) in [5.74, 6) is 2.21. The van der Waals surface area contributed by atoms with Gasteiger partial charge in [0.05, 0.1) is 35.1 Å². The molecule has 7 rings (SSSR count). The number of fused-ring (bicyclic) bond motifs is 2. The zero-order chi connectivity index (χ0) is 29.9. The number of rotatable bonds is 9. The molecule has 44 heavy (non-hydrogen) atoms. The van der Waals surface area contributed by atoms with E-state index in [1.165, 1.54) is 11.0 Å². The fourth-order valence-corrected chi connectivity index (χ4v) is 6.86. The number of amides is 1. The number of hydrogen-bond donors (Lipinski definition) is 2. The van der Waals surface area contributed by atoms with E-state index in [4.69, 9.17) is 14.7 Å². The fourth-order valence-electron chi connectivity index (χ4n) is 5.70. The molecule has 5 aromatic rings. The third kappa shape index (κ3) is 6.11. The van der Waals surface area contributed by atoms with Gasteiger partial charge in [0.25, 0.3) is 0 Å². The lowest BCUT2D eigenvalue weighted by molar-refractivity contribution is -0.134. The number of allylic oxidation sites excluding steroid dienone is 1. The minimum absolute atomic E-state index is 0.0249. The van der Waals surface area contributed by atoms with Crippen molar-refractivity contribution >= 4 is 56.0 Å². The topological polar surface area (TPSA) is 136 Å². The molecule has 4 aromatic heterocycles. The summed E-state index contributed by atoms with van der Waals surface area (Å²) in [4.78, 5) is 49.9. The number of ketones is 1. The standard InChI is InChI=1S/C31H33N9O3S/c41-21(4-6-27-32-8-9-33-27)5-7-28(42)39-12-10-38(11-13-39)20-22-18-26-29(44-22)31(40-14-16-43-17-15-40)36-30(35-26)23-2-1-3-25-24(23)19-34-37-25/h1-4,6,8-9,18-19H,5,7,10-17,20H2,(H,32,33)(H,34,37)/b6-4+. The highest BCUT2D eigenvalue weighted by Gasteiger charge is 2.24. The average Bonchev–Trinajstić information content (AvgIpc) is 3.84. The van der Waals surface area contributed by atoms with Crippen LogP contribution in [0.1, 0.15) is 23.5 Å². The molecule has 13 heteroatoms. The number of H-pyrrole nitrogens is 2. The molecule has 2 saturated heterocycles. The van der Waals surface area contributed by atoms with Crippen molar-refractivity contribution in [1.82, 2.24) is 39.9 Å². The molecule has 1 amide bonds. The molecule has 0 atom stereocenters. The third-order valence-corrected chi connectivity index (χ3v) is 9.18. The highest BCUT2D eigenvalue weighted by atomic mass is 32.1. The highest BCUT2D eigenvalue weighted by molar-refractivity contribution is 7.19. The molecule has 0 saturated carbocycles. The molecular weight excluding hydrogens is 578 g/mol. The molecule has 0 bridgehead atoms. The van der Waals surface area contributed by atoms with Gasteiger partial charge in [-0.2, -0.15) is 5.10 Å². The molecule has 0 unspecified atom stereocenters. The Bertz CT molecular complexity index is 1800. The largest absolute Gasteiger partial charge is 0.378 e. The molecule has 2 fully saturated rings. The summed E-state index contributed by atoms with van der Waals surface area (Å²) < 4.78 is 6.71. The van der Waals surface area contributed by atoms with Gasteiger partial charge in [-0.15, -0.1) is 11.3 Å². The number of anilines is 1. The number of nitrogens with one attached hydrogen (secondary N) is 2.